The molecule has 200 valence electrons. The van der Waals surface area contributed by atoms with Crippen LogP contribution in [0.3, 0.4) is 0 Å². The van der Waals surface area contributed by atoms with E-state index in [2.05, 4.69) is 10.2 Å². The lowest BCUT2D eigenvalue weighted by atomic mass is 9.96. The van der Waals surface area contributed by atoms with Crippen LogP contribution in [0.4, 0.5) is 8.78 Å². The van der Waals surface area contributed by atoms with Crippen molar-refractivity contribution in [3.8, 4) is 11.3 Å². The molecular weight excluding hydrogens is 502 g/mol. The van der Waals surface area contributed by atoms with Crippen LogP contribution in [0.2, 0.25) is 0 Å². The third kappa shape index (κ3) is 5.40. The Labute approximate surface area is 225 Å². The van der Waals surface area contributed by atoms with E-state index in [0.717, 1.165) is 71.7 Å². The van der Waals surface area contributed by atoms with Gasteiger partial charge in [0, 0.05) is 42.9 Å². The number of aromatic nitrogens is 2. The van der Waals surface area contributed by atoms with Gasteiger partial charge in [0.2, 0.25) is 0 Å². The molecular formula is C30H34F2N4OS. The van der Waals surface area contributed by atoms with Crippen molar-refractivity contribution >= 4 is 32.3 Å². The van der Waals surface area contributed by atoms with Crippen molar-refractivity contribution in [3.63, 3.8) is 0 Å². The summed E-state index contributed by atoms with van der Waals surface area (Å²) < 4.78 is 31.4. The van der Waals surface area contributed by atoms with Crippen LogP contribution in [0.1, 0.15) is 73.3 Å². The number of nitrogens with one attached hydrogen (secondary N) is 1. The molecule has 5 nitrogen and oxygen atoms in total. The second-order valence-electron chi connectivity index (χ2n) is 10.7. The maximum atomic E-state index is 15.1. The summed E-state index contributed by atoms with van der Waals surface area (Å²) in [4.78, 5) is 20.6. The van der Waals surface area contributed by atoms with E-state index in [9.17, 15) is 9.18 Å². The average Bonchev–Trinajstić information content (AvgIpc) is 3.50. The number of fused-ring (bicyclic) bond motifs is 3. The molecule has 0 aliphatic carbocycles. The maximum Gasteiger partial charge on any atom is 0.195 e. The molecule has 38 heavy (non-hydrogen) atoms. The molecule has 2 aromatic carbocycles. The lowest BCUT2D eigenvalue weighted by Gasteiger charge is -2.28. The third-order valence-corrected chi connectivity index (χ3v) is 9.06. The first-order valence-corrected chi connectivity index (χ1v) is 14.7. The maximum absolute atomic E-state index is 15.1. The highest BCUT2D eigenvalue weighted by molar-refractivity contribution is 7.23. The Morgan fingerprint density at radius 2 is 1.95 bits per heavy atom. The molecule has 1 N–H and O–H groups in total. The van der Waals surface area contributed by atoms with Crippen molar-refractivity contribution in [2.24, 2.45) is 0 Å². The molecule has 0 bridgehead atoms. The fourth-order valence-corrected chi connectivity index (χ4v) is 6.83. The van der Waals surface area contributed by atoms with Crippen molar-refractivity contribution < 1.29 is 13.6 Å². The summed E-state index contributed by atoms with van der Waals surface area (Å²) in [5.74, 6) is -0.0968. The topological polar surface area (TPSA) is 49.6 Å². The van der Waals surface area contributed by atoms with Gasteiger partial charge in [0.1, 0.15) is 12.0 Å². The Morgan fingerprint density at radius 3 is 2.74 bits per heavy atom. The third-order valence-electron chi connectivity index (χ3n) is 8.04. The number of ketones is 1. The number of likely N-dealkylation sites (tertiary alicyclic amines) is 1. The zero-order chi connectivity index (χ0) is 26.1. The number of imidazole rings is 1. The number of halogens is 2. The van der Waals surface area contributed by atoms with Crippen LogP contribution in [-0.4, -0.2) is 52.4 Å². The summed E-state index contributed by atoms with van der Waals surface area (Å²) >= 11 is 1.52. The number of carbonyl (C=O) groups excluding carboxylic acids is 1. The molecule has 4 aromatic rings. The van der Waals surface area contributed by atoms with E-state index in [1.807, 2.05) is 40.9 Å². The van der Waals surface area contributed by atoms with Crippen LogP contribution in [0.15, 0.2) is 42.6 Å². The number of nitrogens with zero attached hydrogens (tertiary/aromatic N) is 3. The number of rotatable bonds is 8. The van der Waals surface area contributed by atoms with Gasteiger partial charge < -0.3 is 10.2 Å². The molecule has 0 unspecified atom stereocenters. The van der Waals surface area contributed by atoms with E-state index in [-0.39, 0.29) is 17.6 Å². The Hall–Kier alpha value is -2.68. The predicted molar refractivity (Wildman–Crippen MR) is 149 cm³/mol. The van der Waals surface area contributed by atoms with Crippen LogP contribution in [0, 0.1) is 5.82 Å². The normalized spacial score (nSPS) is 19.5. The summed E-state index contributed by atoms with van der Waals surface area (Å²) in [5.41, 5.74) is 3.82. The first-order chi connectivity index (χ1) is 18.5. The lowest BCUT2D eigenvalue weighted by molar-refractivity contribution is 0.0976. The Balaban J connectivity index is 1.11. The number of carbonyl (C=O) groups is 1. The monoisotopic (exact) mass is 536 g/mol. The first-order valence-electron chi connectivity index (χ1n) is 13.9. The highest BCUT2D eigenvalue weighted by Crippen LogP contribution is 2.33. The van der Waals surface area contributed by atoms with Gasteiger partial charge in [0.05, 0.1) is 15.9 Å². The average molecular weight is 537 g/mol. The van der Waals surface area contributed by atoms with E-state index >= 15 is 4.39 Å². The van der Waals surface area contributed by atoms with Crippen LogP contribution >= 0.6 is 11.3 Å². The zero-order valence-corrected chi connectivity index (χ0v) is 22.4. The smallest absolute Gasteiger partial charge is 0.195 e. The quantitative estimate of drug-likeness (QED) is 0.195. The number of benzene rings is 2. The van der Waals surface area contributed by atoms with Crippen molar-refractivity contribution in [2.75, 3.05) is 26.2 Å². The van der Waals surface area contributed by atoms with Gasteiger partial charge in [0.15, 0.2) is 10.7 Å². The minimum atomic E-state index is -0.647. The van der Waals surface area contributed by atoms with Gasteiger partial charge in [-0.1, -0.05) is 23.8 Å². The van der Waals surface area contributed by atoms with Gasteiger partial charge in [-0.2, -0.15) is 0 Å². The molecule has 1 atom stereocenters. The molecule has 2 fully saturated rings. The van der Waals surface area contributed by atoms with E-state index in [4.69, 9.17) is 4.98 Å². The van der Waals surface area contributed by atoms with Gasteiger partial charge in [0.25, 0.3) is 0 Å². The number of thiazole rings is 1. The largest absolute Gasteiger partial charge is 0.310 e. The Morgan fingerprint density at radius 1 is 1.08 bits per heavy atom. The first kappa shape index (κ1) is 25.6. The minimum Gasteiger partial charge on any atom is -0.310 e. The summed E-state index contributed by atoms with van der Waals surface area (Å²) in [6.45, 7) is 3.56. The number of alkyl halides is 1. The number of hydrogen-bond donors (Lipinski definition) is 1. The van der Waals surface area contributed by atoms with E-state index in [0.29, 0.717) is 30.5 Å². The zero-order valence-electron chi connectivity index (χ0n) is 21.6. The standard InChI is InChI=1S/C30H34F2N4OS/c31-22-11-15-35(16-12-22)14-4-2-6-28(37)21-8-10-27-29(18-21)38-30-34-26(19-36(27)30)23-9-7-20(17-24(23)32)25-5-1-3-13-33-25/h7-10,17-19,22,25,33H,1-6,11-16H2/t25-/m1/s1. The van der Waals surface area contributed by atoms with Gasteiger partial charge >= 0.3 is 0 Å². The SMILES string of the molecule is O=C(CCCCN1CCC(F)CC1)c1ccc2c(c1)sc1nc(-c3ccc([C@H]4CCCCN4)cc3F)cn12. The molecule has 8 heteroatoms. The Bertz CT molecular complexity index is 1430. The van der Waals surface area contributed by atoms with Gasteiger partial charge in [-0.15, -0.1) is 0 Å². The second-order valence-corrected chi connectivity index (χ2v) is 11.7. The molecule has 0 saturated carbocycles. The van der Waals surface area contributed by atoms with Crippen molar-refractivity contribution in [1.82, 2.24) is 19.6 Å². The highest BCUT2D eigenvalue weighted by Gasteiger charge is 2.20. The summed E-state index contributed by atoms with van der Waals surface area (Å²) in [7, 11) is 0. The number of unbranched alkanes of at least 4 members (excludes halogenated alkanes) is 1. The molecule has 0 spiro atoms. The minimum absolute atomic E-state index is 0.149. The lowest BCUT2D eigenvalue weighted by Crippen LogP contribution is -2.35. The molecule has 2 aromatic heterocycles. The number of hydrogen-bond acceptors (Lipinski definition) is 5. The van der Waals surface area contributed by atoms with Gasteiger partial charge in [-0.05, 0) is 87.5 Å². The summed E-state index contributed by atoms with van der Waals surface area (Å²) in [6.07, 6.45) is 8.19. The second kappa shape index (κ2) is 11.2. The molecule has 4 heterocycles. The van der Waals surface area contributed by atoms with Crippen molar-refractivity contribution in [2.45, 2.75) is 63.6 Å². The fourth-order valence-electron chi connectivity index (χ4n) is 5.79. The molecule has 0 amide bonds. The highest BCUT2D eigenvalue weighted by atomic mass is 32.1. The molecule has 2 aliphatic rings. The van der Waals surface area contributed by atoms with Crippen LogP contribution in [0.5, 0.6) is 0 Å². The summed E-state index contributed by atoms with van der Waals surface area (Å²) in [6, 6.07) is 11.5. The molecule has 0 radical (unpaired) electrons. The van der Waals surface area contributed by atoms with Crippen molar-refractivity contribution in [3.05, 3.63) is 59.5 Å². The van der Waals surface area contributed by atoms with E-state index in [1.54, 1.807) is 6.07 Å². The Kier molecular flexibility index (Phi) is 7.54. The van der Waals surface area contributed by atoms with Crippen molar-refractivity contribution in [1.29, 1.82) is 0 Å². The van der Waals surface area contributed by atoms with Crippen LogP contribution < -0.4 is 5.32 Å². The fraction of sp³-hybridized carbons (Fsp3) is 0.467. The van der Waals surface area contributed by atoms with E-state index < -0.39 is 6.17 Å². The van der Waals surface area contributed by atoms with Gasteiger partial charge in [-0.3, -0.25) is 9.20 Å². The predicted octanol–water partition coefficient (Wildman–Crippen LogP) is 6.96. The number of Topliss-reactive ketones (excluding diaryl/α,β-unsaturated/α-hetero) is 1. The molecule has 2 aliphatic heterocycles. The van der Waals surface area contributed by atoms with Crippen LogP contribution in [0.25, 0.3) is 26.4 Å². The van der Waals surface area contributed by atoms with Gasteiger partial charge in [-0.25, -0.2) is 13.8 Å². The molecule has 2 saturated heterocycles. The van der Waals surface area contributed by atoms with E-state index in [1.165, 1.54) is 24.2 Å². The van der Waals surface area contributed by atoms with Crippen LogP contribution in [-0.2, 0) is 0 Å². The number of piperidine rings is 2. The molecule has 6 rings (SSSR count). The summed E-state index contributed by atoms with van der Waals surface area (Å²) in [5, 5.41) is 3.48.